The molecular formula is C15H15Cl2F3N4. The molecule has 0 spiro atoms. The molecule has 1 aromatic heterocycles. The number of anilines is 1. The van der Waals surface area contributed by atoms with E-state index in [0.29, 0.717) is 18.9 Å². The van der Waals surface area contributed by atoms with Crippen molar-refractivity contribution < 1.29 is 13.2 Å². The quantitative estimate of drug-likeness (QED) is 0.773. The van der Waals surface area contributed by atoms with Gasteiger partial charge in [-0.25, -0.2) is 23.1 Å². The third-order valence-corrected chi connectivity index (χ3v) is 3.94. The smallest absolute Gasteiger partial charge is 0.266 e. The molecule has 2 N–H and O–H groups in total. The van der Waals surface area contributed by atoms with E-state index in [4.69, 9.17) is 11.6 Å². The third kappa shape index (κ3) is 3.58. The number of alkyl halides is 2. The lowest BCUT2D eigenvalue weighted by Crippen LogP contribution is -2.13. The monoisotopic (exact) mass is 378 g/mol. The molecule has 2 heterocycles. The van der Waals surface area contributed by atoms with E-state index in [1.165, 1.54) is 12.1 Å². The van der Waals surface area contributed by atoms with E-state index in [2.05, 4.69) is 20.6 Å². The Balaban J connectivity index is 0.00000208. The number of rotatable bonds is 4. The zero-order chi connectivity index (χ0) is 16.6. The van der Waals surface area contributed by atoms with Crippen molar-refractivity contribution in [3.63, 3.8) is 0 Å². The Labute approximate surface area is 148 Å². The second kappa shape index (κ2) is 7.55. The Morgan fingerprint density at radius 3 is 2.62 bits per heavy atom. The van der Waals surface area contributed by atoms with Gasteiger partial charge in [0, 0.05) is 24.2 Å². The first-order chi connectivity index (χ1) is 11.0. The van der Waals surface area contributed by atoms with Crippen LogP contribution < -0.4 is 10.6 Å². The van der Waals surface area contributed by atoms with Gasteiger partial charge in [-0.05, 0) is 18.5 Å². The first-order valence-electron chi connectivity index (χ1n) is 7.06. The van der Waals surface area contributed by atoms with Gasteiger partial charge in [0.2, 0.25) is 5.28 Å². The normalized spacial score (nSPS) is 14.2. The number of benzene rings is 1. The summed E-state index contributed by atoms with van der Waals surface area (Å²) in [5.41, 5.74) is 1.18. The molecule has 0 unspecified atom stereocenters. The fraction of sp³-hybridized carbons (Fsp3) is 0.333. The molecule has 0 fully saturated rings. The first kappa shape index (κ1) is 18.8. The minimum Gasteiger partial charge on any atom is -0.363 e. The largest absolute Gasteiger partial charge is 0.363 e. The van der Waals surface area contributed by atoms with Crippen molar-refractivity contribution in [3.05, 3.63) is 51.7 Å². The number of nitrogens with one attached hydrogen (secondary N) is 2. The number of aromatic nitrogens is 2. The fourth-order valence-electron chi connectivity index (χ4n) is 2.61. The van der Waals surface area contributed by atoms with Crippen molar-refractivity contribution in [2.75, 3.05) is 5.32 Å². The highest BCUT2D eigenvalue weighted by Gasteiger charge is 2.23. The zero-order valence-corrected chi connectivity index (χ0v) is 14.2. The molecule has 1 aromatic carbocycles. The van der Waals surface area contributed by atoms with Crippen LogP contribution >= 0.6 is 24.0 Å². The fourth-order valence-corrected chi connectivity index (χ4v) is 2.80. The molecule has 130 valence electrons. The van der Waals surface area contributed by atoms with E-state index in [9.17, 15) is 13.2 Å². The Kier molecular flexibility index (Phi) is 5.90. The Morgan fingerprint density at radius 1 is 1.21 bits per heavy atom. The molecule has 1 atom stereocenters. The van der Waals surface area contributed by atoms with Crippen molar-refractivity contribution in [1.82, 2.24) is 15.3 Å². The number of fused-ring (bicyclic) bond motifs is 1. The van der Waals surface area contributed by atoms with Crippen molar-refractivity contribution >= 4 is 29.8 Å². The van der Waals surface area contributed by atoms with Gasteiger partial charge < -0.3 is 10.6 Å². The molecule has 0 radical (unpaired) electrons. The van der Waals surface area contributed by atoms with Gasteiger partial charge in [0.1, 0.15) is 11.6 Å². The Morgan fingerprint density at radius 2 is 1.92 bits per heavy atom. The van der Waals surface area contributed by atoms with E-state index >= 15 is 0 Å². The van der Waals surface area contributed by atoms with Crippen molar-refractivity contribution in [3.8, 4) is 0 Å². The van der Waals surface area contributed by atoms with Gasteiger partial charge in [-0.2, -0.15) is 0 Å². The summed E-state index contributed by atoms with van der Waals surface area (Å²) in [6, 6.07) is 3.42. The lowest BCUT2D eigenvalue weighted by molar-refractivity contribution is 0.146. The average Bonchev–Trinajstić information content (AvgIpc) is 2.95. The van der Waals surface area contributed by atoms with Crippen molar-refractivity contribution in [2.45, 2.75) is 32.5 Å². The predicted octanol–water partition coefficient (Wildman–Crippen LogP) is 4.40. The molecule has 2 aromatic rings. The molecule has 1 aliphatic rings. The lowest BCUT2D eigenvalue weighted by atomic mass is 10.0. The summed E-state index contributed by atoms with van der Waals surface area (Å²) < 4.78 is 39.9. The Hall–Kier alpha value is -1.57. The average molecular weight is 379 g/mol. The molecule has 0 saturated carbocycles. The van der Waals surface area contributed by atoms with Crippen LogP contribution in [0.3, 0.4) is 0 Å². The van der Waals surface area contributed by atoms with E-state index in [0.717, 1.165) is 17.3 Å². The summed E-state index contributed by atoms with van der Waals surface area (Å²) >= 11 is 5.89. The van der Waals surface area contributed by atoms with Crippen molar-refractivity contribution in [2.24, 2.45) is 0 Å². The van der Waals surface area contributed by atoms with Gasteiger partial charge in [0.05, 0.1) is 17.3 Å². The minimum atomic E-state index is -2.86. The van der Waals surface area contributed by atoms with E-state index in [-0.39, 0.29) is 23.3 Å². The second-order valence-corrected chi connectivity index (χ2v) is 5.63. The maximum Gasteiger partial charge on any atom is 0.266 e. The van der Waals surface area contributed by atoms with Crippen LogP contribution in [0.4, 0.5) is 19.0 Å². The van der Waals surface area contributed by atoms with E-state index in [1.807, 2.05) is 0 Å². The van der Waals surface area contributed by atoms with E-state index < -0.39 is 23.8 Å². The van der Waals surface area contributed by atoms with Gasteiger partial charge in [-0.15, -0.1) is 12.4 Å². The summed E-state index contributed by atoms with van der Waals surface area (Å²) in [6.07, 6.45) is -2.86. The standard InChI is InChI=1S/C15H14ClF3N4.ClH/c1-7(8-3-2-4-9(12(8)17)13(18)19)21-14-10-5-20-6-11(10)22-15(16)23-14;/h2-4,7,13,20H,5-6H2,1H3,(H,21,22,23);1H/t7-;/m1./s1. The molecule has 24 heavy (non-hydrogen) atoms. The van der Waals surface area contributed by atoms with Crippen molar-refractivity contribution in [1.29, 1.82) is 0 Å². The maximum absolute atomic E-state index is 14.2. The van der Waals surface area contributed by atoms with Gasteiger partial charge in [0.15, 0.2) is 0 Å². The summed E-state index contributed by atoms with van der Waals surface area (Å²) in [6.45, 7) is 2.83. The molecule has 0 amide bonds. The summed E-state index contributed by atoms with van der Waals surface area (Å²) in [5, 5.41) is 6.26. The van der Waals surface area contributed by atoms with Crippen LogP contribution in [-0.4, -0.2) is 9.97 Å². The maximum atomic E-state index is 14.2. The highest BCUT2D eigenvalue weighted by Crippen LogP contribution is 2.30. The molecule has 9 heteroatoms. The SMILES string of the molecule is C[C@@H](Nc1nc(Cl)nc2c1CNC2)c1cccc(C(F)F)c1F.Cl. The number of halogens is 5. The van der Waals surface area contributed by atoms with Gasteiger partial charge >= 0.3 is 0 Å². The summed E-state index contributed by atoms with van der Waals surface area (Å²) in [5.74, 6) is -0.420. The molecular weight excluding hydrogens is 364 g/mol. The van der Waals surface area contributed by atoms with Crippen LogP contribution in [0.25, 0.3) is 0 Å². The zero-order valence-electron chi connectivity index (χ0n) is 12.6. The molecule has 3 rings (SSSR count). The number of nitrogens with zero attached hydrogens (tertiary/aromatic N) is 2. The first-order valence-corrected chi connectivity index (χ1v) is 7.44. The highest BCUT2D eigenvalue weighted by molar-refractivity contribution is 6.28. The molecule has 0 saturated heterocycles. The van der Waals surface area contributed by atoms with Gasteiger partial charge in [-0.3, -0.25) is 0 Å². The van der Waals surface area contributed by atoms with Gasteiger partial charge in [-0.1, -0.05) is 18.2 Å². The number of hydrogen-bond acceptors (Lipinski definition) is 4. The predicted molar refractivity (Wildman–Crippen MR) is 88.2 cm³/mol. The molecule has 1 aliphatic heterocycles. The summed E-state index contributed by atoms with van der Waals surface area (Å²) in [4.78, 5) is 8.26. The third-order valence-electron chi connectivity index (χ3n) is 3.77. The molecule has 0 bridgehead atoms. The molecule has 4 nitrogen and oxygen atoms in total. The van der Waals surface area contributed by atoms with Crippen LogP contribution in [-0.2, 0) is 13.1 Å². The lowest BCUT2D eigenvalue weighted by Gasteiger charge is -2.19. The van der Waals surface area contributed by atoms with Crippen LogP contribution in [0.15, 0.2) is 18.2 Å². The second-order valence-electron chi connectivity index (χ2n) is 5.29. The van der Waals surface area contributed by atoms with Gasteiger partial charge in [0.25, 0.3) is 6.43 Å². The van der Waals surface area contributed by atoms with Crippen LogP contribution in [0.2, 0.25) is 5.28 Å². The van der Waals surface area contributed by atoms with Crippen LogP contribution in [0.1, 0.15) is 41.8 Å². The topological polar surface area (TPSA) is 49.8 Å². The molecule has 0 aliphatic carbocycles. The summed E-state index contributed by atoms with van der Waals surface area (Å²) in [7, 11) is 0. The highest BCUT2D eigenvalue weighted by atomic mass is 35.5. The van der Waals surface area contributed by atoms with Crippen LogP contribution in [0.5, 0.6) is 0 Å². The number of hydrogen-bond donors (Lipinski definition) is 2. The Bertz CT molecular complexity index is 743. The van der Waals surface area contributed by atoms with E-state index in [1.54, 1.807) is 6.92 Å². The minimum absolute atomic E-state index is 0. The van der Waals surface area contributed by atoms with Crippen LogP contribution in [0, 0.1) is 5.82 Å².